The highest BCUT2D eigenvalue weighted by Crippen LogP contribution is 2.31. The first-order valence-corrected chi connectivity index (χ1v) is 7.33. The highest BCUT2D eigenvalue weighted by atomic mass is 35.5. The molecule has 1 saturated carbocycles. The first-order chi connectivity index (χ1) is 9.08. The number of thiophene rings is 1. The van der Waals surface area contributed by atoms with Crippen LogP contribution >= 0.6 is 23.7 Å². The van der Waals surface area contributed by atoms with Gasteiger partial charge in [0, 0.05) is 12.6 Å². The van der Waals surface area contributed by atoms with Crippen LogP contribution in [-0.4, -0.2) is 30.4 Å². The van der Waals surface area contributed by atoms with Gasteiger partial charge in [-0.05, 0) is 37.1 Å². The third kappa shape index (κ3) is 4.77. The van der Waals surface area contributed by atoms with Crippen LogP contribution in [0.1, 0.15) is 29.4 Å². The molecule has 1 heterocycles. The van der Waals surface area contributed by atoms with Crippen molar-refractivity contribution < 1.29 is 9.59 Å². The van der Waals surface area contributed by atoms with Crippen LogP contribution in [-0.2, 0) is 4.79 Å². The van der Waals surface area contributed by atoms with Crippen LogP contribution in [0.2, 0.25) is 0 Å². The van der Waals surface area contributed by atoms with Gasteiger partial charge in [-0.2, -0.15) is 0 Å². The Balaban J connectivity index is 0.00000200. The molecule has 0 radical (unpaired) electrons. The summed E-state index contributed by atoms with van der Waals surface area (Å²) < 4.78 is 0. The lowest BCUT2D eigenvalue weighted by atomic mass is 10.2. The number of rotatable bonds is 6. The summed E-state index contributed by atoms with van der Waals surface area (Å²) in [4.78, 5) is 24.2. The lowest BCUT2D eigenvalue weighted by Gasteiger charge is -2.16. The Morgan fingerprint density at radius 3 is 2.75 bits per heavy atom. The molecule has 1 aromatic rings. The Labute approximate surface area is 128 Å². The van der Waals surface area contributed by atoms with Gasteiger partial charge in [0.2, 0.25) is 5.91 Å². The number of nitrogens with two attached hydrogens (primary N) is 1. The van der Waals surface area contributed by atoms with E-state index in [0.29, 0.717) is 17.3 Å². The second-order valence-corrected chi connectivity index (χ2v) is 5.87. The number of carbonyl (C=O) groups excluding carboxylic acids is 2. The predicted octanol–water partition coefficient (Wildman–Crippen LogP) is 1.14. The number of hydrogen-bond acceptors (Lipinski definition) is 4. The molecule has 1 aromatic heterocycles. The van der Waals surface area contributed by atoms with Crippen LogP contribution < -0.4 is 16.4 Å². The topological polar surface area (TPSA) is 84.2 Å². The molecule has 1 aliphatic rings. The third-order valence-corrected chi connectivity index (χ3v) is 4.09. The zero-order valence-corrected chi connectivity index (χ0v) is 12.9. The molecule has 20 heavy (non-hydrogen) atoms. The lowest BCUT2D eigenvalue weighted by Crippen LogP contribution is -2.48. The van der Waals surface area contributed by atoms with Crippen molar-refractivity contribution in [3.05, 3.63) is 22.4 Å². The number of nitrogens with one attached hydrogen (secondary N) is 2. The van der Waals surface area contributed by atoms with E-state index in [1.807, 2.05) is 5.38 Å². The highest BCUT2D eigenvalue weighted by molar-refractivity contribution is 7.12. The monoisotopic (exact) mass is 317 g/mol. The average molecular weight is 318 g/mol. The van der Waals surface area contributed by atoms with Crippen LogP contribution in [0, 0.1) is 5.92 Å². The molecular formula is C13H20ClN3O2S. The maximum Gasteiger partial charge on any atom is 0.261 e. The van der Waals surface area contributed by atoms with Crippen molar-refractivity contribution >= 4 is 35.6 Å². The van der Waals surface area contributed by atoms with Crippen LogP contribution in [0.3, 0.4) is 0 Å². The highest BCUT2D eigenvalue weighted by Gasteiger charge is 2.29. The van der Waals surface area contributed by atoms with E-state index in [2.05, 4.69) is 10.6 Å². The Bertz CT molecular complexity index is 448. The minimum absolute atomic E-state index is 0. The molecule has 0 saturated heterocycles. The van der Waals surface area contributed by atoms with E-state index in [1.165, 1.54) is 11.3 Å². The van der Waals surface area contributed by atoms with Gasteiger partial charge in [0.05, 0.1) is 4.88 Å². The summed E-state index contributed by atoms with van der Waals surface area (Å²) in [6, 6.07) is 3.01. The van der Waals surface area contributed by atoms with E-state index in [1.54, 1.807) is 19.1 Å². The minimum atomic E-state index is -0.555. The molecule has 2 amide bonds. The van der Waals surface area contributed by atoms with Gasteiger partial charge in [0.25, 0.3) is 5.91 Å². The molecule has 4 N–H and O–H groups in total. The van der Waals surface area contributed by atoms with E-state index in [9.17, 15) is 9.59 Å². The smallest absolute Gasteiger partial charge is 0.261 e. The quantitative estimate of drug-likeness (QED) is 0.735. The van der Waals surface area contributed by atoms with Gasteiger partial charge in [-0.15, -0.1) is 23.7 Å². The SMILES string of the molecule is CC(NC(=O)c1cccs1)C(=O)NCC(N)C1CC1.Cl. The fourth-order valence-electron chi connectivity index (χ4n) is 1.80. The number of hydrogen-bond donors (Lipinski definition) is 3. The second-order valence-electron chi connectivity index (χ2n) is 4.92. The first-order valence-electron chi connectivity index (χ1n) is 6.45. The van der Waals surface area contributed by atoms with Crippen LogP contribution in [0.4, 0.5) is 0 Å². The summed E-state index contributed by atoms with van der Waals surface area (Å²) in [5, 5.41) is 7.28. The van der Waals surface area contributed by atoms with Gasteiger partial charge in [0.1, 0.15) is 6.04 Å². The zero-order chi connectivity index (χ0) is 13.8. The Hall–Kier alpha value is -1.11. The molecule has 5 nitrogen and oxygen atoms in total. The summed E-state index contributed by atoms with van der Waals surface area (Å²) in [7, 11) is 0. The average Bonchev–Trinajstić information content (AvgIpc) is 3.10. The van der Waals surface area contributed by atoms with E-state index in [0.717, 1.165) is 12.8 Å². The minimum Gasteiger partial charge on any atom is -0.353 e. The maximum atomic E-state index is 11.8. The summed E-state index contributed by atoms with van der Waals surface area (Å²) in [6.07, 6.45) is 2.31. The molecule has 2 rings (SSSR count). The van der Waals surface area contributed by atoms with E-state index in [4.69, 9.17) is 5.73 Å². The van der Waals surface area contributed by atoms with Gasteiger partial charge in [-0.25, -0.2) is 0 Å². The van der Waals surface area contributed by atoms with Gasteiger partial charge < -0.3 is 16.4 Å². The van der Waals surface area contributed by atoms with Gasteiger partial charge in [-0.1, -0.05) is 6.07 Å². The van der Waals surface area contributed by atoms with Crippen molar-refractivity contribution in [3.63, 3.8) is 0 Å². The van der Waals surface area contributed by atoms with Crippen molar-refractivity contribution in [3.8, 4) is 0 Å². The molecule has 1 fully saturated rings. The molecule has 7 heteroatoms. The van der Waals surface area contributed by atoms with Crippen molar-refractivity contribution in [2.24, 2.45) is 11.7 Å². The van der Waals surface area contributed by atoms with Gasteiger partial charge in [0.15, 0.2) is 0 Å². The number of carbonyl (C=O) groups is 2. The van der Waals surface area contributed by atoms with Crippen LogP contribution in [0.5, 0.6) is 0 Å². The largest absolute Gasteiger partial charge is 0.353 e. The molecule has 0 aliphatic heterocycles. The van der Waals surface area contributed by atoms with Gasteiger partial charge in [-0.3, -0.25) is 9.59 Å². The van der Waals surface area contributed by atoms with Crippen molar-refractivity contribution in [1.82, 2.24) is 10.6 Å². The Morgan fingerprint density at radius 1 is 1.50 bits per heavy atom. The normalized spacial score (nSPS) is 16.7. The van der Waals surface area contributed by atoms with Crippen molar-refractivity contribution in [1.29, 1.82) is 0 Å². The van der Waals surface area contributed by atoms with Crippen molar-refractivity contribution in [2.75, 3.05) is 6.54 Å². The van der Waals surface area contributed by atoms with Gasteiger partial charge >= 0.3 is 0 Å². The summed E-state index contributed by atoms with van der Waals surface area (Å²) in [5.74, 6) is 0.140. The number of amides is 2. The molecule has 0 bridgehead atoms. The predicted molar refractivity (Wildman–Crippen MR) is 82.2 cm³/mol. The molecule has 0 aromatic carbocycles. The van der Waals surface area contributed by atoms with Crippen LogP contribution in [0.15, 0.2) is 17.5 Å². The summed E-state index contributed by atoms with van der Waals surface area (Å²) >= 11 is 1.35. The Kier molecular flexibility index (Phi) is 6.45. The number of halogens is 1. The molecular weight excluding hydrogens is 298 g/mol. The lowest BCUT2D eigenvalue weighted by molar-refractivity contribution is -0.122. The first kappa shape index (κ1) is 16.9. The Morgan fingerprint density at radius 2 is 2.20 bits per heavy atom. The summed E-state index contributed by atoms with van der Waals surface area (Å²) in [6.45, 7) is 2.15. The fourth-order valence-corrected chi connectivity index (χ4v) is 2.43. The second kappa shape index (κ2) is 7.61. The van der Waals surface area contributed by atoms with E-state index in [-0.39, 0.29) is 30.3 Å². The van der Waals surface area contributed by atoms with E-state index < -0.39 is 6.04 Å². The summed E-state index contributed by atoms with van der Waals surface area (Å²) in [5.41, 5.74) is 5.91. The van der Waals surface area contributed by atoms with Crippen LogP contribution in [0.25, 0.3) is 0 Å². The maximum absolute atomic E-state index is 11.8. The van der Waals surface area contributed by atoms with Crippen molar-refractivity contribution in [2.45, 2.75) is 31.8 Å². The molecule has 2 atom stereocenters. The fraction of sp³-hybridized carbons (Fsp3) is 0.538. The van der Waals surface area contributed by atoms with E-state index >= 15 is 0 Å². The molecule has 1 aliphatic carbocycles. The molecule has 112 valence electrons. The molecule has 0 spiro atoms. The molecule has 2 unspecified atom stereocenters. The zero-order valence-electron chi connectivity index (χ0n) is 11.3. The standard InChI is InChI=1S/C13H19N3O2S.ClH/c1-8(16-13(18)11-3-2-6-19-11)12(17)15-7-10(14)9-4-5-9;/h2-3,6,8-10H,4-5,7,14H2,1H3,(H,15,17)(H,16,18);1H. The third-order valence-electron chi connectivity index (χ3n) is 3.23.